The Morgan fingerprint density at radius 2 is 1.44 bits per heavy atom. The number of likely N-dealkylation sites (tertiary alicyclic amines) is 1. The van der Waals surface area contributed by atoms with Crippen LogP contribution < -0.4 is 10.6 Å². The van der Waals surface area contributed by atoms with Crippen molar-refractivity contribution in [3.63, 3.8) is 0 Å². The zero-order chi connectivity index (χ0) is 17.7. The summed E-state index contributed by atoms with van der Waals surface area (Å²) in [6, 6.07) is 2.66. The van der Waals surface area contributed by atoms with Crippen molar-refractivity contribution < 1.29 is 9.59 Å². The predicted octanol–water partition coefficient (Wildman–Crippen LogP) is 2.69. The molecule has 0 aromatic heterocycles. The highest BCUT2D eigenvalue weighted by Gasteiger charge is 2.44. The first-order chi connectivity index (χ1) is 12.1. The zero-order valence-electron chi connectivity index (χ0n) is 15.1. The molecule has 1 aliphatic heterocycles. The second-order valence-electron chi connectivity index (χ2n) is 7.92. The average Bonchev–Trinajstić information content (AvgIpc) is 3.13. The number of urea groups is 1. The number of rotatable bonds is 3. The third-order valence-corrected chi connectivity index (χ3v) is 6.14. The molecular formula is C19H30N4O2. The summed E-state index contributed by atoms with van der Waals surface area (Å²) < 4.78 is 0. The summed E-state index contributed by atoms with van der Waals surface area (Å²) >= 11 is 0. The Morgan fingerprint density at radius 1 is 0.880 bits per heavy atom. The molecule has 1 heterocycles. The molecule has 0 spiro atoms. The van der Waals surface area contributed by atoms with Crippen LogP contribution in [-0.2, 0) is 4.79 Å². The van der Waals surface area contributed by atoms with E-state index in [4.69, 9.17) is 0 Å². The molecule has 25 heavy (non-hydrogen) atoms. The normalized spacial score (nSPS) is 24.5. The lowest BCUT2D eigenvalue weighted by molar-refractivity contribution is -0.139. The molecule has 0 radical (unpaired) electrons. The second kappa shape index (κ2) is 8.07. The molecule has 3 rings (SSSR count). The van der Waals surface area contributed by atoms with Gasteiger partial charge in [0.05, 0.1) is 6.07 Å². The van der Waals surface area contributed by atoms with Crippen molar-refractivity contribution in [2.24, 2.45) is 5.41 Å². The van der Waals surface area contributed by atoms with E-state index in [1.165, 1.54) is 19.3 Å². The standard InChI is InChI=1S/C19H30N4O2/c20-14-19(10-4-5-11-19)17(24)23-12-8-16(9-13-23)22-18(25)21-15-6-2-1-3-7-15/h15-16H,1-13H2,(H2,21,22,25). The predicted molar refractivity (Wildman–Crippen MR) is 94.7 cm³/mol. The number of amides is 3. The number of nitriles is 1. The summed E-state index contributed by atoms with van der Waals surface area (Å²) in [5.74, 6) is 0.0117. The summed E-state index contributed by atoms with van der Waals surface area (Å²) in [6.07, 6.45) is 10.7. The van der Waals surface area contributed by atoms with Crippen LogP contribution in [-0.4, -0.2) is 42.0 Å². The van der Waals surface area contributed by atoms with Crippen LogP contribution in [0.2, 0.25) is 0 Å². The van der Waals surface area contributed by atoms with E-state index >= 15 is 0 Å². The molecule has 2 aliphatic carbocycles. The Kier molecular flexibility index (Phi) is 5.82. The van der Waals surface area contributed by atoms with Crippen molar-refractivity contribution >= 4 is 11.9 Å². The fourth-order valence-electron chi connectivity index (χ4n) is 4.54. The number of carbonyl (C=O) groups excluding carboxylic acids is 2. The van der Waals surface area contributed by atoms with E-state index in [9.17, 15) is 14.9 Å². The topological polar surface area (TPSA) is 85.2 Å². The first-order valence-corrected chi connectivity index (χ1v) is 9.91. The number of piperidine rings is 1. The Bertz CT molecular complexity index is 522. The van der Waals surface area contributed by atoms with Gasteiger partial charge in [-0.1, -0.05) is 32.1 Å². The van der Waals surface area contributed by atoms with Crippen LogP contribution in [0.5, 0.6) is 0 Å². The zero-order valence-corrected chi connectivity index (χ0v) is 15.1. The second-order valence-corrected chi connectivity index (χ2v) is 7.92. The summed E-state index contributed by atoms with van der Waals surface area (Å²) in [5, 5.41) is 15.6. The molecule has 2 N–H and O–H groups in total. The van der Waals surface area contributed by atoms with E-state index in [1.807, 2.05) is 4.90 Å². The molecule has 138 valence electrons. The van der Waals surface area contributed by atoms with Crippen molar-refractivity contribution in [3.8, 4) is 6.07 Å². The Labute approximate surface area is 150 Å². The largest absolute Gasteiger partial charge is 0.341 e. The number of nitrogens with one attached hydrogen (secondary N) is 2. The van der Waals surface area contributed by atoms with Crippen LogP contribution in [0.4, 0.5) is 4.79 Å². The van der Waals surface area contributed by atoms with Gasteiger partial charge in [-0.25, -0.2) is 4.79 Å². The van der Waals surface area contributed by atoms with Crippen LogP contribution in [0.15, 0.2) is 0 Å². The minimum atomic E-state index is -0.779. The van der Waals surface area contributed by atoms with Crippen LogP contribution in [0.1, 0.15) is 70.6 Å². The highest BCUT2D eigenvalue weighted by molar-refractivity contribution is 5.86. The average molecular weight is 346 g/mol. The molecular weight excluding hydrogens is 316 g/mol. The third kappa shape index (κ3) is 4.26. The van der Waals surface area contributed by atoms with Gasteiger partial charge in [0.2, 0.25) is 5.91 Å². The molecule has 3 fully saturated rings. The van der Waals surface area contributed by atoms with Gasteiger partial charge >= 0.3 is 6.03 Å². The first-order valence-electron chi connectivity index (χ1n) is 9.91. The van der Waals surface area contributed by atoms with Crippen molar-refractivity contribution in [2.45, 2.75) is 82.7 Å². The molecule has 1 saturated heterocycles. The monoisotopic (exact) mass is 346 g/mol. The van der Waals surface area contributed by atoms with Gasteiger partial charge in [0, 0.05) is 25.2 Å². The Hall–Kier alpha value is -1.77. The van der Waals surface area contributed by atoms with Gasteiger partial charge in [-0.05, 0) is 38.5 Å². The summed E-state index contributed by atoms with van der Waals surface area (Å²) in [5.41, 5.74) is -0.779. The van der Waals surface area contributed by atoms with E-state index in [1.54, 1.807) is 0 Å². The van der Waals surface area contributed by atoms with Crippen LogP contribution >= 0.6 is 0 Å². The van der Waals surface area contributed by atoms with Gasteiger partial charge in [-0.15, -0.1) is 0 Å². The van der Waals surface area contributed by atoms with E-state index in [0.717, 1.165) is 38.5 Å². The van der Waals surface area contributed by atoms with Crippen LogP contribution in [0.25, 0.3) is 0 Å². The molecule has 0 aromatic carbocycles. The molecule has 6 heteroatoms. The van der Waals surface area contributed by atoms with Gasteiger partial charge in [0.25, 0.3) is 0 Å². The molecule has 0 bridgehead atoms. The number of hydrogen-bond donors (Lipinski definition) is 2. The SMILES string of the molecule is N#CC1(C(=O)N2CCC(NC(=O)NC3CCCCC3)CC2)CCCC1. The number of nitrogens with zero attached hydrogens (tertiary/aromatic N) is 2. The molecule has 0 unspecified atom stereocenters. The smallest absolute Gasteiger partial charge is 0.315 e. The highest BCUT2D eigenvalue weighted by atomic mass is 16.2. The van der Waals surface area contributed by atoms with E-state index in [0.29, 0.717) is 32.0 Å². The van der Waals surface area contributed by atoms with E-state index in [2.05, 4.69) is 16.7 Å². The first kappa shape index (κ1) is 18.0. The number of carbonyl (C=O) groups is 2. The maximum absolute atomic E-state index is 12.7. The third-order valence-electron chi connectivity index (χ3n) is 6.14. The minimum Gasteiger partial charge on any atom is -0.341 e. The molecule has 3 amide bonds. The quantitative estimate of drug-likeness (QED) is 0.824. The lowest BCUT2D eigenvalue weighted by atomic mass is 9.85. The highest BCUT2D eigenvalue weighted by Crippen LogP contribution is 2.39. The van der Waals surface area contributed by atoms with Crippen molar-refractivity contribution in [3.05, 3.63) is 0 Å². The fraction of sp³-hybridized carbons (Fsp3) is 0.842. The lowest BCUT2D eigenvalue weighted by Crippen LogP contribution is -2.52. The minimum absolute atomic E-state index is 0.0117. The molecule has 6 nitrogen and oxygen atoms in total. The summed E-state index contributed by atoms with van der Waals surface area (Å²) in [6.45, 7) is 1.27. The van der Waals surface area contributed by atoms with Gasteiger partial charge < -0.3 is 15.5 Å². The molecule has 0 aromatic rings. The Morgan fingerprint density at radius 3 is 2.00 bits per heavy atom. The summed E-state index contributed by atoms with van der Waals surface area (Å²) in [7, 11) is 0. The van der Waals surface area contributed by atoms with Gasteiger partial charge in [-0.2, -0.15) is 5.26 Å². The maximum atomic E-state index is 12.7. The van der Waals surface area contributed by atoms with E-state index in [-0.39, 0.29) is 18.0 Å². The maximum Gasteiger partial charge on any atom is 0.315 e. The van der Waals surface area contributed by atoms with Crippen molar-refractivity contribution in [2.75, 3.05) is 13.1 Å². The van der Waals surface area contributed by atoms with Gasteiger partial charge in [0.15, 0.2) is 0 Å². The number of hydrogen-bond acceptors (Lipinski definition) is 3. The van der Waals surface area contributed by atoms with Crippen LogP contribution in [0.3, 0.4) is 0 Å². The van der Waals surface area contributed by atoms with E-state index < -0.39 is 5.41 Å². The van der Waals surface area contributed by atoms with Gasteiger partial charge in [-0.3, -0.25) is 4.79 Å². The molecule has 3 aliphatic rings. The molecule has 0 atom stereocenters. The van der Waals surface area contributed by atoms with Crippen molar-refractivity contribution in [1.29, 1.82) is 5.26 Å². The van der Waals surface area contributed by atoms with Crippen LogP contribution in [0, 0.1) is 16.7 Å². The van der Waals surface area contributed by atoms with Gasteiger partial charge in [0.1, 0.15) is 5.41 Å². The fourth-order valence-corrected chi connectivity index (χ4v) is 4.54. The summed E-state index contributed by atoms with van der Waals surface area (Å²) in [4.78, 5) is 26.7. The Balaban J connectivity index is 1.43. The molecule has 2 saturated carbocycles. The van der Waals surface area contributed by atoms with Crippen molar-refractivity contribution in [1.82, 2.24) is 15.5 Å². The lowest BCUT2D eigenvalue weighted by Gasteiger charge is -2.36.